The van der Waals surface area contributed by atoms with Crippen molar-refractivity contribution >= 4 is 21.6 Å². The van der Waals surface area contributed by atoms with Gasteiger partial charge in [0.25, 0.3) is 0 Å². The van der Waals surface area contributed by atoms with Crippen LogP contribution in [0.25, 0.3) is 0 Å². The van der Waals surface area contributed by atoms with Crippen LogP contribution in [-0.2, 0) is 11.3 Å². The van der Waals surface area contributed by atoms with Crippen molar-refractivity contribution < 1.29 is 0 Å². The molecule has 0 aliphatic heterocycles. The molecule has 1 rings (SSSR count). The van der Waals surface area contributed by atoms with Crippen molar-refractivity contribution in [2.45, 2.75) is 37.6 Å². The van der Waals surface area contributed by atoms with Crippen LogP contribution in [0.5, 0.6) is 0 Å². The third-order valence-electron chi connectivity index (χ3n) is 3.25. The van der Waals surface area contributed by atoms with Crippen LogP contribution in [0.3, 0.4) is 0 Å². The van der Waals surface area contributed by atoms with Gasteiger partial charge < -0.3 is 11.1 Å². The topological polar surface area (TPSA) is 38.0 Å². The van der Waals surface area contributed by atoms with E-state index >= 15 is 0 Å². The molecular formula is C14H24N2S2. The van der Waals surface area contributed by atoms with E-state index in [1.54, 1.807) is 21.6 Å². The average Bonchev–Trinajstić information content (AvgIpc) is 2.39. The first kappa shape index (κ1) is 15.9. The van der Waals surface area contributed by atoms with Crippen LogP contribution < -0.4 is 11.1 Å². The lowest BCUT2D eigenvalue weighted by Gasteiger charge is -2.29. The molecule has 0 fully saturated rings. The zero-order valence-electron chi connectivity index (χ0n) is 11.7. The maximum absolute atomic E-state index is 6.57. The van der Waals surface area contributed by atoms with Crippen LogP contribution in [0.2, 0.25) is 0 Å². The normalized spacial score (nSPS) is 16.3. The molecule has 2 atom stereocenters. The molecule has 0 saturated heterocycles. The first-order valence-electron chi connectivity index (χ1n) is 6.33. The van der Waals surface area contributed by atoms with Crippen molar-refractivity contribution in [1.82, 2.24) is 5.32 Å². The van der Waals surface area contributed by atoms with Crippen molar-refractivity contribution in [1.29, 1.82) is 0 Å². The number of hydrogen-bond donors (Lipinski definition) is 2. The van der Waals surface area contributed by atoms with E-state index in [0.29, 0.717) is 6.04 Å². The van der Waals surface area contributed by atoms with E-state index in [1.165, 1.54) is 11.1 Å². The molecule has 3 N–H and O–H groups in total. The summed E-state index contributed by atoms with van der Waals surface area (Å²) in [5, 5.41) is 3.29. The highest BCUT2D eigenvalue weighted by Gasteiger charge is 2.28. The summed E-state index contributed by atoms with van der Waals surface area (Å²) < 4.78 is 0. The van der Waals surface area contributed by atoms with Gasteiger partial charge in [0.15, 0.2) is 0 Å². The Labute approximate surface area is 119 Å². The minimum Gasteiger partial charge on any atom is -0.317 e. The summed E-state index contributed by atoms with van der Waals surface area (Å²) >= 11 is 0. The molecule has 1 aromatic carbocycles. The van der Waals surface area contributed by atoms with E-state index in [4.69, 9.17) is 5.73 Å². The van der Waals surface area contributed by atoms with Gasteiger partial charge in [-0.25, -0.2) is 0 Å². The van der Waals surface area contributed by atoms with Crippen molar-refractivity contribution in [3.8, 4) is 0 Å². The second kappa shape index (κ2) is 7.43. The summed E-state index contributed by atoms with van der Waals surface area (Å²) in [5.74, 6) is 0. The van der Waals surface area contributed by atoms with E-state index in [-0.39, 0.29) is 4.87 Å². The highest BCUT2D eigenvalue weighted by atomic mass is 33.1. The van der Waals surface area contributed by atoms with Gasteiger partial charge in [-0.2, -0.15) is 0 Å². The third-order valence-corrected chi connectivity index (χ3v) is 5.61. The van der Waals surface area contributed by atoms with Gasteiger partial charge in [0.05, 0.1) is 4.87 Å². The second-order valence-corrected chi connectivity index (χ2v) is 7.27. The van der Waals surface area contributed by atoms with Gasteiger partial charge in [0.1, 0.15) is 0 Å². The summed E-state index contributed by atoms with van der Waals surface area (Å²) in [6.07, 6.45) is 4.03. The molecule has 0 aliphatic carbocycles. The van der Waals surface area contributed by atoms with Crippen LogP contribution >= 0.6 is 21.6 Å². The molecule has 102 valence electrons. The van der Waals surface area contributed by atoms with E-state index in [1.807, 2.05) is 7.05 Å². The Bertz CT molecular complexity index is 371. The Hall–Kier alpha value is -0.160. The molecule has 18 heavy (non-hydrogen) atoms. The van der Waals surface area contributed by atoms with Gasteiger partial charge in [-0.05, 0) is 44.2 Å². The zero-order chi connectivity index (χ0) is 13.6. The average molecular weight is 284 g/mol. The van der Waals surface area contributed by atoms with Crippen molar-refractivity contribution in [2.75, 3.05) is 13.3 Å². The first-order valence-corrected chi connectivity index (χ1v) is 8.89. The highest BCUT2D eigenvalue weighted by molar-refractivity contribution is 8.76. The fraction of sp³-hybridized carbons (Fsp3) is 0.571. The Balaban J connectivity index is 3.06. The minimum absolute atomic E-state index is 0.288. The van der Waals surface area contributed by atoms with Gasteiger partial charge in [-0.3, -0.25) is 0 Å². The molecule has 0 saturated carbocycles. The second-order valence-electron chi connectivity index (χ2n) is 4.54. The largest absolute Gasteiger partial charge is 0.317 e. The summed E-state index contributed by atoms with van der Waals surface area (Å²) in [6, 6.07) is 9.01. The van der Waals surface area contributed by atoms with Gasteiger partial charge >= 0.3 is 0 Å². The lowest BCUT2D eigenvalue weighted by Crippen LogP contribution is -2.34. The van der Waals surface area contributed by atoms with Gasteiger partial charge in [-0.15, -0.1) is 0 Å². The Kier molecular flexibility index (Phi) is 6.57. The van der Waals surface area contributed by atoms with Crippen molar-refractivity contribution in [3.05, 3.63) is 35.4 Å². The third kappa shape index (κ3) is 3.92. The first-order chi connectivity index (χ1) is 8.57. The monoisotopic (exact) mass is 284 g/mol. The molecule has 0 heterocycles. The van der Waals surface area contributed by atoms with E-state index < -0.39 is 0 Å². The molecule has 2 nitrogen and oxygen atoms in total. The maximum atomic E-state index is 6.57. The lowest BCUT2D eigenvalue weighted by molar-refractivity contribution is 0.585. The van der Waals surface area contributed by atoms with E-state index in [2.05, 4.69) is 49.7 Å². The number of likely N-dealkylation sites (N-methyl/N-ethyl adjacent to an activating group) is 1. The molecule has 0 amide bonds. The number of rotatable bonds is 7. The number of hydrogen-bond acceptors (Lipinski definition) is 4. The zero-order valence-corrected chi connectivity index (χ0v) is 13.3. The highest BCUT2D eigenvalue weighted by Crippen LogP contribution is 2.42. The van der Waals surface area contributed by atoms with E-state index in [9.17, 15) is 0 Å². The van der Waals surface area contributed by atoms with Crippen LogP contribution in [-0.4, -0.2) is 19.3 Å². The van der Waals surface area contributed by atoms with E-state index in [0.717, 1.165) is 12.8 Å². The fourth-order valence-electron chi connectivity index (χ4n) is 1.99. The summed E-state index contributed by atoms with van der Waals surface area (Å²) in [6.45, 7) is 4.35. The maximum Gasteiger partial charge on any atom is 0.0978 e. The molecule has 0 spiro atoms. The minimum atomic E-state index is -0.288. The number of nitrogens with one attached hydrogen (secondary N) is 1. The molecule has 0 aromatic heterocycles. The van der Waals surface area contributed by atoms with Gasteiger partial charge in [0.2, 0.25) is 0 Å². The molecule has 1 aromatic rings. The quantitative estimate of drug-likeness (QED) is 0.595. The predicted octanol–water partition coefficient (Wildman–Crippen LogP) is 3.37. The Morgan fingerprint density at radius 3 is 2.61 bits per heavy atom. The van der Waals surface area contributed by atoms with Gasteiger partial charge in [-0.1, -0.05) is 52.8 Å². The molecular weight excluding hydrogens is 260 g/mol. The number of nitrogens with two attached hydrogens (primary N) is 1. The smallest absolute Gasteiger partial charge is 0.0978 e. The fourth-order valence-corrected chi connectivity index (χ4v) is 4.21. The molecule has 0 aliphatic rings. The molecule has 4 heteroatoms. The lowest BCUT2D eigenvalue weighted by atomic mass is 9.94. The Morgan fingerprint density at radius 1 is 1.39 bits per heavy atom. The summed E-state index contributed by atoms with van der Waals surface area (Å²) in [5.41, 5.74) is 9.19. The van der Waals surface area contributed by atoms with Crippen molar-refractivity contribution in [3.63, 3.8) is 0 Å². The van der Waals surface area contributed by atoms with Crippen LogP contribution in [0.15, 0.2) is 24.3 Å². The van der Waals surface area contributed by atoms with Gasteiger partial charge in [0, 0.05) is 6.04 Å². The Morgan fingerprint density at radius 2 is 2.06 bits per heavy atom. The molecule has 0 bridgehead atoms. The van der Waals surface area contributed by atoms with Crippen LogP contribution in [0.4, 0.5) is 0 Å². The molecule has 2 unspecified atom stereocenters. The van der Waals surface area contributed by atoms with Crippen LogP contribution in [0.1, 0.15) is 31.4 Å². The standard InChI is InChI=1S/C14H24N2S2/c1-5-14(15,18-17-4)13-9-7-6-8-12(13)10-11(2)16-3/h6-9,11,16H,5,10,15H2,1-4H3. The number of benzene rings is 1. The van der Waals surface area contributed by atoms with Crippen LogP contribution in [0, 0.1) is 0 Å². The predicted molar refractivity (Wildman–Crippen MR) is 85.9 cm³/mol. The summed E-state index contributed by atoms with van der Waals surface area (Å²) in [4.78, 5) is -0.288. The van der Waals surface area contributed by atoms with Crippen molar-refractivity contribution in [2.24, 2.45) is 5.73 Å². The SMILES string of the molecule is CCC(N)(SSC)c1ccccc1CC(C)NC. The molecule has 0 radical (unpaired) electrons. The summed E-state index contributed by atoms with van der Waals surface area (Å²) in [7, 11) is 5.49.